The van der Waals surface area contributed by atoms with E-state index in [2.05, 4.69) is 22.9 Å². The molecule has 1 fully saturated rings. The molecule has 92 valence electrons. The van der Waals surface area contributed by atoms with Crippen molar-refractivity contribution < 1.29 is 9.18 Å². The van der Waals surface area contributed by atoms with E-state index in [4.69, 9.17) is 5.73 Å². The molecule has 0 radical (unpaired) electrons. The second-order valence-corrected chi connectivity index (χ2v) is 5.40. The molecule has 1 heterocycles. The fourth-order valence-corrected chi connectivity index (χ4v) is 2.62. The zero-order chi connectivity index (χ0) is 12.6. The highest BCUT2D eigenvalue weighted by Crippen LogP contribution is 2.31. The van der Waals surface area contributed by atoms with E-state index in [1.807, 2.05) is 4.90 Å². The first-order chi connectivity index (χ1) is 7.99. The third-order valence-corrected chi connectivity index (χ3v) is 3.50. The van der Waals surface area contributed by atoms with Crippen molar-refractivity contribution in [1.82, 2.24) is 0 Å². The molecule has 1 aromatic carbocycles. The van der Waals surface area contributed by atoms with Crippen molar-refractivity contribution >= 4 is 27.5 Å². The number of nitrogens with zero attached hydrogens (tertiary/aromatic N) is 1. The summed E-state index contributed by atoms with van der Waals surface area (Å²) in [4.78, 5) is 13.3. The van der Waals surface area contributed by atoms with Gasteiger partial charge in [-0.2, -0.15) is 0 Å². The van der Waals surface area contributed by atoms with Crippen LogP contribution in [0.3, 0.4) is 0 Å². The predicted octanol–water partition coefficient (Wildman–Crippen LogP) is 2.53. The largest absolute Gasteiger partial charge is 0.370 e. The van der Waals surface area contributed by atoms with Gasteiger partial charge in [-0.3, -0.25) is 4.79 Å². The number of hydrogen-bond acceptors (Lipinski definition) is 2. The molecule has 1 aromatic rings. The summed E-state index contributed by atoms with van der Waals surface area (Å²) in [5.74, 6) is -0.733. The molecule has 0 saturated carbocycles. The van der Waals surface area contributed by atoms with Gasteiger partial charge in [0.05, 0.1) is 11.3 Å². The van der Waals surface area contributed by atoms with Gasteiger partial charge in [0.1, 0.15) is 5.82 Å². The van der Waals surface area contributed by atoms with Crippen molar-refractivity contribution in [2.45, 2.75) is 13.3 Å². The van der Waals surface area contributed by atoms with Crippen LogP contribution in [-0.2, 0) is 0 Å². The number of primary amides is 1. The molecule has 0 aromatic heterocycles. The van der Waals surface area contributed by atoms with E-state index in [0.29, 0.717) is 16.1 Å². The van der Waals surface area contributed by atoms with Crippen LogP contribution >= 0.6 is 15.9 Å². The van der Waals surface area contributed by atoms with Crippen LogP contribution in [0.25, 0.3) is 0 Å². The van der Waals surface area contributed by atoms with Crippen LogP contribution in [0.4, 0.5) is 10.1 Å². The predicted molar refractivity (Wildman–Crippen MR) is 68.6 cm³/mol. The maximum Gasteiger partial charge on any atom is 0.253 e. The third-order valence-electron chi connectivity index (χ3n) is 3.05. The molecule has 5 heteroatoms. The topological polar surface area (TPSA) is 46.3 Å². The molecule has 1 unspecified atom stereocenters. The van der Waals surface area contributed by atoms with Crippen molar-refractivity contribution in [3.05, 3.63) is 28.0 Å². The van der Waals surface area contributed by atoms with Gasteiger partial charge < -0.3 is 10.6 Å². The van der Waals surface area contributed by atoms with Gasteiger partial charge in [0, 0.05) is 17.6 Å². The molecule has 3 nitrogen and oxygen atoms in total. The highest BCUT2D eigenvalue weighted by Gasteiger charge is 2.25. The molecule has 1 aliphatic rings. The molecule has 1 aliphatic heterocycles. The van der Waals surface area contributed by atoms with E-state index in [9.17, 15) is 9.18 Å². The lowest BCUT2D eigenvalue weighted by molar-refractivity contribution is 0.0997. The van der Waals surface area contributed by atoms with Crippen molar-refractivity contribution in [1.29, 1.82) is 0 Å². The minimum Gasteiger partial charge on any atom is -0.370 e. The summed E-state index contributed by atoms with van der Waals surface area (Å²) in [6, 6.07) is 3.02. The highest BCUT2D eigenvalue weighted by atomic mass is 79.9. The van der Waals surface area contributed by atoms with Crippen LogP contribution in [0.5, 0.6) is 0 Å². The normalized spacial score (nSPS) is 19.7. The van der Waals surface area contributed by atoms with Crippen LogP contribution in [0.2, 0.25) is 0 Å². The average Bonchev–Trinajstić information content (AvgIpc) is 2.62. The summed E-state index contributed by atoms with van der Waals surface area (Å²) in [6.45, 7) is 3.80. The van der Waals surface area contributed by atoms with Gasteiger partial charge in [-0.05, 0) is 24.5 Å². The Morgan fingerprint density at radius 3 is 2.82 bits per heavy atom. The second kappa shape index (κ2) is 4.64. The van der Waals surface area contributed by atoms with Crippen molar-refractivity contribution in [2.75, 3.05) is 18.0 Å². The Morgan fingerprint density at radius 1 is 1.59 bits per heavy atom. The first-order valence-electron chi connectivity index (χ1n) is 5.53. The molecule has 0 spiro atoms. The van der Waals surface area contributed by atoms with E-state index in [0.717, 1.165) is 19.5 Å². The summed E-state index contributed by atoms with van der Waals surface area (Å²) < 4.78 is 14.4. The van der Waals surface area contributed by atoms with Gasteiger partial charge in [0.25, 0.3) is 5.91 Å². The van der Waals surface area contributed by atoms with Crippen molar-refractivity contribution in [3.8, 4) is 0 Å². The Kier molecular flexibility index (Phi) is 3.38. The molecule has 2 N–H and O–H groups in total. The van der Waals surface area contributed by atoms with Gasteiger partial charge in [-0.15, -0.1) is 0 Å². The summed E-state index contributed by atoms with van der Waals surface area (Å²) in [6.07, 6.45) is 1.05. The summed E-state index contributed by atoms with van der Waals surface area (Å²) >= 11 is 3.24. The maximum absolute atomic E-state index is 13.8. The zero-order valence-corrected chi connectivity index (χ0v) is 11.1. The SMILES string of the molecule is CC1CCN(c2cc(Br)cc(F)c2C(N)=O)C1. The van der Waals surface area contributed by atoms with Gasteiger partial charge in [0.15, 0.2) is 0 Å². The van der Waals surface area contributed by atoms with Crippen LogP contribution in [0.15, 0.2) is 16.6 Å². The lowest BCUT2D eigenvalue weighted by atomic mass is 10.1. The molecule has 0 aliphatic carbocycles. The van der Waals surface area contributed by atoms with Gasteiger partial charge in [-0.25, -0.2) is 4.39 Å². The Balaban J connectivity index is 2.47. The molecule has 1 amide bonds. The van der Waals surface area contributed by atoms with E-state index in [1.165, 1.54) is 6.07 Å². The smallest absolute Gasteiger partial charge is 0.253 e. The van der Waals surface area contributed by atoms with E-state index in [1.54, 1.807) is 6.07 Å². The number of rotatable bonds is 2. The van der Waals surface area contributed by atoms with Crippen LogP contribution in [0, 0.1) is 11.7 Å². The van der Waals surface area contributed by atoms with E-state index >= 15 is 0 Å². The summed E-state index contributed by atoms with van der Waals surface area (Å²) in [5.41, 5.74) is 5.83. The zero-order valence-electron chi connectivity index (χ0n) is 9.54. The number of amides is 1. The molecule has 1 saturated heterocycles. The minimum atomic E-state index is -0.718. The number of benzene rings is 1. The summed E-state index contributed by atoms with van der Waals surface area (Å²) in [7, 11) is 0. The lowest BCUT2D eigenvalue weighted by Crippen LogP contribution is -2.25. The maximum atomic E-state index is 13.8. The number of carbonyl (C=O) groups excluding carboxylic acids is 1. The minimum absolute atomic E-state index is 0.0118. The number of anilines is 1. The average molecular weight is 301 g/mol. The molecule has 1 atom stereocenters. The Hall–Kier alpha value is -1.10. The Labute approximate surface area is 108 Å². The monoisotopic (exact) mass is 300 g/mol. The standard InChI is InChI=1S/C12H14BrFN2O/c1-7-2-3-16(6-7)10-5-8(13)4-9(14)11(10)12(15)17/h4-5,7H,2-3,6H2,1H3,(H2,15,17). The number of hydrogen-bond donors (Lipinski definition) is 1. The molecule has 2 rings (SSSR count). The first-order valence-corrected chi connectivity index (χ1v) is 6.32. The van der Waals surface area contributed by atoms with Gasteiger partial charge >= 0.3 is 0 Å². The molecule has 0 bridgehead atoms. The first kappa shape index (κ1) is 12.4. The third kappa shape index (κ3) is 2.44. The Morgan fingerprint density at radius 2 is 2.29 bits per heavy atom. The van der Waals surface area contributed by atoms with Crippen LogP contribution < -0.4 is 10.6 Å². The van der Waals surface area contributed by atoms with Gasteiger partial charge in [-0.1, -0.05) is 22.9 Å². The van der Waals surface area contributed by atoms with E-state index < -0.39 is 11.7 Å². The van der Waals surface area contributed by atoms with Crippen LogP contribution in [-0.4, -0.2) is 19.0 Å². The number of carbonyl (C=O) groups is 1. The van der Waals surface area contributed by atoms with Crippen molar-refractivity contribution in [3.63, 3.8) is 0 Å². The molecular formula is C12H14BrFN2O. The summed E-state index contributed by atoms with van der Waals surface area (Å²) in [5, 5.41) is 0. The second-order valence-electron chi connectivity index (χ2n) is 4.49. The number of halogens is 2. The highest BCUT2D eigenvalue weighted by molar-refractivity contribution is 9.10. The fourth-order valence-electron chi connectivity index (χ4n) is 2.21. The van der Waals surface area contributed by atoms with E-state index in [-0.39, 0.29) is 5.56 Å². The molecule has 17 heavy (non-hydrogen) atoms. The van der Waals surface area contributed by atoms with Crippen LogP contribution in [0.1, 0.15) is 23.7 Å². The fraction of sp³-hybridized carbons (Fsp3) is 0.417. The number of nitrogens with two attached hydrogens (primary N) is 1. The Bertz CT molecular complexity index is 464. The lowest BCUT2D eigenvalue weighted by Gasteiger charge is -2.21. The van der Waals surface area contributed by atoms with Crippen molar-refractivity contribution in [2.24, 2.45) is 11.7 Å². The molecular weight excluding hydrogens is 287 g/mol. The quantitative estimate of drug-likeness (QED) is 0.912. The van der Waals surface area contributed by atoms with Gasteiger partial charge in [0.2, 0.25) is 0 Å².